The van der Waals surface area contributed by atoms with Gasteiger partial charge in [0, 0.05) is 33.9 Å². The standard InChI is InChI=1S/C25H14N6/c1-13-9-19-23(27-10-13)21-15-12-29-28-11-14(15)20-22-18(7-4-8-26-22)30-16-5-2-3-6-17(16)31(19)25(21)24(20)30/h2-12H,1H3. The van der Waals surface area contributed by atoms with E-state index in [2.05, 4.69) is 62.3 Å². The van der Waals surface area contributed by atoms with Gasteiger partial charge >= 0.3 is 0 Å². The molecule has 8 rings (SSSR count). The van der Waals surface area contributed by atoms with Crippen LogP contribution in [-0.4, -0.2) is 29.0 Å². The molecule has 6 heteroatoms. The third kappa shape index (κ3) is 1.64. The van der Waals surface area contributed by atoms with Crippen LogP contribution in [0.2, 0.25) is 0 Å². The lowest BCUT2D eigenvalue weighted by molar-refractivity contribution is 1.05. The highest BCUT2D eigenvalue weighted by atomic mass is 15.1. The Morgan fingerprint density at radius 3 is 1.97 bits per heavy atom. The Kier molecular flexibility index (Phi) is 2.52. The number of fused-ring (bicyclic) bond motifs is 12. The molecule has 31 heavy (non-hydrogen) atoms. The topological polar surface area (TPSA) is 60.4 Å². The molecule has 6 nitrogen and oxygen atoms in total. The quantitative estimate of drug-likeness (QED) is 0.326. The van der Waals surface area contributed by atoms with E-state index in [0.29, 0.717) is 0 Å². The van der Waals surface area contributed by atoms with Crippen LogP contribution in [0.1, 0.15) is 5.56 Å². The molecule has 0 saturated heterocycles. The van der Waals surface area contributed by atoms with Gasteiger partial charge in [-0.15, -0.1) is 0 Å². The summed E-state index contributed by atoms with van der Waals surface area (Å²) in [6.45, 7) is 2.09. The van der Waals surface area contributed by atoms with Crippen LogP contribution in [0.15, 0.2) is 67.3 Å². The summed E-state index contributed by atoms with van der Waals surface area (Å²) in [6, 6.07) is 14.9. The SMILES string of the molecule is Cc1cnc2c3c4cnncc4c4c5ncccc5n5c6ccccc6n(c2c1)c3c45. The van der Waals surface area contributed by atoms with E-state index in [1.807, 2.05) is 30.9 Å². The fraction of sp³-hybridized carbons (Fsp3) is 0.0400. The molecule has 144 valence electrons. The summed E-state index contributed by atoms with van der Waals surface area (Å²) < 4.78 is 4.71. The number of aryl methyl sites for hydroxylation is 1. The number of rotatable bonds is 0. The zero-order valence-electron chi connectivity index (χ0n) is 16.5. The maximum absolute atomic E-state index is 4.89. The third-order valence-corrected chi connectivity index (χ3v) is 6.52. The van der Waals surface area contributed by atoms with Gasteiger partial charge in [-0.05, 0) is 42.8 Å². The van der Waals surface area contributed by atoms with Crippen molar-refractivity contribution in [1.82, 2.24) is 29.0 Å². The van der Waals surface area contributed by atoms with E-state index in [4.69, 9.17) is 9.97 Å². The fourth-order valence-corrected chi connectivity index (χ4v) is 5.40. The predicted molar refractivity (Wildman–Crippen MR) is 123 cm³/mol. The average Bonchev–Trinajstić information content (AvgIpc) is 3.33. The first-order valence-corrected chi connectivity index (χ1v) is 10.2. The summed E-state index contributed by atoms with van der Waals surface area (Å²) in [5, 5.41) is 12.8. The molecule has 6 heterocycles. The number of benzene rings is 2. The Hall–Kier alpha value is -4.32. The highest BCUT2D eigenvalue weighted by Gasteiger charge is 2.25. The van der Waals surface area contributed by atoms with E-state index in [1.54, 1.807) is 0 Å². The fourth-order valence-electron chi connectivity index (χ4n) is 5.40. The molecule has 0 bridgehead atoms. The Morgan fingerprint density at radius 2 is 1.26 bits per heavy atom. The summed E-state index contributed by atoms with van der Waals surface area (Å²) in [6.07, 6.45) is 7.53. The molecule has 0 aliphatic heterocycles. The van der Waals surface area contributed by atoms with Gasteiger partial charge in [0.25, 0.3) is 0 Å². The lowest BCUT2D eigenvalue weighted by Gasteiger charge is -2.12. The molecule has 0 amide bonds. The summed E-state index contributed by atoms with van der Waals surface area (Å²) in [5.41, 5.74) is 9.90. The van der Waals surface area contributed by atoms with E-state index in [-0.39, 0.29) is 0 Å². The molecular weight excluding hydrogens is 384 g/mol. The van der Waals surface area contributed by atoms with Crippen LogP contribution in [0.5, 0.6) is 0 Å². The first-order valence-electron chi connectivity index (χ1n) is 10.2. The number of nitrogens with zero attached hydrogens (tertiary/aromatic N) is 6. The van der Waals surface area contributed by atoms with Crippen molar-refractivity contribution in [1.29, 1.82) is 0 Å². The summed E-state index contributed by atoms with van der Waals surface area (Å²) in [4.78, 5) is 9.70. The summed E-state index contributed by atoms with van der Waals surface area (Å²) in [5.74, 6) is 0. The van der Waals surface area contributed by atoms with Crippen molar-refractivity contribution in [3.05, 3.63) is 72.8 Å². The van der Waals surface area contributed by atoms with Gasteiger partial charge in [-0.2, -0.15) is 10.2 Å². The molecule has 0 N–H and O–H groups in total. The molecule has 0 aliphatic carbocycles. The Morgan fingerprint density at radius 1 is 0.645 bits per heavy atom. The number of pyridine rings is 2. The van der Waals surface area contributed by atoms with Gasteiger partial charge in [-0.3, -0.25) is 9.97 Å². The van der Waals surface area contributed by atoms with E-state index >= 15 is 0 Å². The molecule has 0 saturated carbocycles. The number of hydrogen-bond acceptors (Lipinski definition) is 4. The van der Waals surface area contributed by atoms with Gasteiger partial charge < -0.3 is 8.80 Å². The van der Waals surface area contributed by atoms with E-state index in [9.17, 15) is 0 Å². The minimum atomic E-state index is 0.982. The van der Waals surface area contributed by atoms with Gasteiger partial charge in [-0.1, -0.05) is 12.1 Å². The number of para-hydroxylation sites is 2. The molecule has 8 aromatic rings. The Labute approximate surface area is 174 Å². The van der Waals surface area contributed by atoms with Crippen LogP contribution < -0.4 is 0 Å². The minimum absolute atomic E-state index is 0.982. The first kappa shape index (κ1) is 15.5. The Bertz CT molecular complexity index is 1970. The van der Waals surface area contributed by atoms with Gasteiger partial charge in [0.15, 0.2) is 0 Å². The number of hydrogen-bond donors (Lipinski definition) is 0. The second-order valence-electron chi connectivity index (χ2n) is 8.17. The van der Waals surface area contributed by atoms with Crippen molar-refractivity contribution in [2.45, 2.75) is 6.92 Å². The normalized spacial score (nSPS) is 12.7. The van der Waals surface area contributed by atoms with Crippen molar-refractivity contribution in [3.63, 3.8) is 0 Å². The second-order valence-corrected chi connectivity index (χ2v) is 8.17. The van der Waals surface area contributed by atoms with Crippen molar-refractivity contribution < 1.29 is 0 Å². The largest absolute Gasteiger partial charge is 0.303 e. The molecule has 2 aromatic carbocycles. The molecule has 6 aromatic heterocycles. The highest BCUT2D eigenvalue weighted by molar-refractivity contribution is 6.35. The van der Waals surface area contributed by atoms with Crippen LogP contribution in [0.4, 0.5) is 0 Å². The zero-order chi connectivity index (χ0) is 20.3. The van der Waals surface area contributed by atoms with E-state index in [1.165, 1.54) is 0 Å². The average molecular weight is 398 g/mol. The van der Waals surface area contributed by atoms with Gasteiger partial charge in [0.05, 0.1) is 56.5 Å². The maximum atomic E-state index is 4.89. The molecular formula is C25H14N6. The van der Waals surface area contributed by atoms with Crippen LogP contribution in [-0.2, 0) is 0 Å². The van der Waals surface area contributed by atoms with E-state index in [0.717, 1.165) is 71.2 Å². The molecule has 0 aliphatic rings. The van der Waals surface area contributed by atoms with Crippen LogP contribution in [0, 0.1) is 6.92 Å². The van der Waals surface area contributed by atoms with Crippen molar-refractivity contribution >= 4 is 65.7 Å². The molecule has 0 unspecified atom stereocenters. The highest BCUT2D eigenvalue weighted by Crippen LogP contribution is 2.45. The van der Waals surface area contributed by atoms with Crippen molar-refractivity contribution in [2.75, 3.05) is 0 Å². The molecule has 0 atom stereocenters. The maximum Gasteiger partial charge on any atom is 0.0971 e. The Balaban J connectivity index is 1.94. The van der Waals surface area contributed by atoms with E-state index < -0.39 is 0 Å². The lowest BCUT2D eigenvalue weighted by atomic mass is 10.0. The minimum Gasteiger partial charge on any atom is -0.303 e. The second kappa shape index (κ2) is 5.05. The van der Waals surface area contributed by atoms with Crippen molar-refractivity contribution in [3.8, 4) is 0 Å². The first-order chi connectivity index (χ1) is 15.3. The number of aromatic nitrogens is 6. The van der Waals surface area contributed by atoms with Crippen molar-refractivity contribution in [2.24, 2.45) is 0 Å². The summed E-state index contributed by atoms with van der Waals surface area (Å²) >= 11 is 0. The van der Waals surface area contributed by atoms with Crippen LogP contribution in [0.3, 0.4) is 0 Å². The van der Waals surface area contributed by atoms with Gasteiger partial charge in [0.1, 0.15) is 0 Å². The van der Waals surface area contributed by atoms with Gasteiger partial charge in [-0.25, -0.2) is 0 Å². The predicted octanol–water partition coefficient (Wildman–Crippen LogP) is 5.28. The third-order valence-electron chi connectivity index (χ3n) is 6.52. The van der Waals surface area contributed by atoms with Gasteiger partial charge in [0.2, 0.25) is 0 Å². The zero-order valence-corrected chi connectivity index (χ0v) is 16.5. The monoisotopic (exact) mass is 398 g/mol. The summed E-state index contributed by atoms with van der Waals surface area (Å²) in [7, 11) is 0. The molecule has 0 fully saturated rings. The molecule has 0 spiro atoms. The van der Waals surface area contributed by atoms with Crippen LogP contribution >= 0.6 is 0 Å². The lowest BCUT2D eigenvalue weighted by Crippen LogP contribution is -1.97. The van der Waals surface area contributed by atoms with Crippen LogP contribution in [0.25, 0.3) is 65.7 Å². The molecule has 0 radical (unpaired) electrons. The smallest absolute Gasteiger partial charge is 0.0971 e.